The average Bonchev–Trinajstić information content (AvgIpc) is 2.93. The Balaban J connectivity index is 2.08. The summed E-state index contributed by atoms with van der Waals surface area (Å²) in [5.74, 6) is 1.51. The molecule has 1 aliphatic heterocycles. The van der Waals surface area contributed by atoms with Gasteiger partial charge >= 0.3 is 7.75 Å². The Labute approximate surface area is 119 Å². The Bertz CT molecular complexity index is 513. The van der Waals surface area contributed by atoms with Crippen molar-refractivity contribution in [1.29, 1.82) is 0 Å². The fraction of sp³-hybridized carbons (Fsp3) is 0.538. The second-order valence-corrected chi connectivity index (χ2v) is 6.95. The largest absolute Gasteiger partial charge is 0.454 e. The van der Waals surface area contributed by atoms with E-state index in [0.29, 0.717) is 6.42 Å². The second kappa shape index (κ2) is 6.14. The Hall–Kier alpha value is -1.07. The molecule has 0 saturated carbocycles. The van der Waals surface area contributed by atoms with E-state index in [1.165, 1.54) is 14.2 Å². The van der Waals surface area contributed by atoms with Gasteiger partial charge in [-0.25, -0.2) is 9.24 Å². The molecule has 1 heterocycles. The van der Waals surface area contributed by atoms with E-state index in [9.17, 15) is 4.57 Å². The van der Waals surface area contributed by atoms with Crippen LogP contribution in [0.3, 0.4) is 0 Å². The first kappa shape index (κ1) is 15.3. The third-order valence-electron chi connectivity index (χ3n) is 3.45. The van der Waals surface area contributed by atoms with E-state index < -0.39 is 7.75 Å². The zero-order valence-electron chi connectivity index (χ0n) is 12.2. The van der Waals surface area contributed by atoms with Crippen molar-refractivity contribution in [3.8, 4) is 11.5 Å². The van der Waals surface area contributed by atoms with Gasteiger partial charge in [-0.15, -0.1) is 0 Å². The normalized spacial score (nSPS) is 15.7. The van der Waals surface area contributed by atoms with Crippen molar-refractivity contribution in [3.63, 3.8) is 0 Å². The maximum absolute atomic E-state index is 12.3. The first-order chi connectivity index (χ1) is 9.50. The maximum atomic E-state index is 12.3. The summed E-state index contributed by atoms with van der Waals surface area (Å²) in [6, 6.07) is 5.79. The predicted octanol–water partition coefficient (Wildman–Crippen LogP) is 2.68. The zero-order valence-corrected chi connectivity index (χ0v) is 13.1. The molecule has 20 heavy (non-hydrogen) atoms. The van der Waals surface area contributed by atoms with Crippen LogP contribution >= 0.6 is 7.75 Å². The lowest BCUT2D eigenvalue weighted by atomic mass is 10.1. The molecule has 0 aromatic heterocycles. The van der Waals surface area contributed by atoms with Crippen molar-refractivity contribution in [2.24, 2.45) is 0 Å². The standard InChI is InChI=1S/C13H20NO5P/c1-10(14(2)20(15,16-3)17-4)7-11-5-6-12-13(8-11)19-9-18-12/h5-6,8,10H,7,9H2,1-4H3. The molecule has 0 saturated heterocycles. The molecule has 0 aliphatic carbocycles. The van der Waals surface area contributed by atoms with E-state index in [1.54, 1.807) is 11.7 Å². The molecule has 6 nitrogen and oxygen atoms in total. The third kappa shape index (κ3) is 2.99. The van der Waals surface area contributed by atoms with E-state index in [4.69, 9.17) is 18.5 Å². The SMILES string of the molecule is COP(=O)(OC)N(C)C(C)Cc1ccc2c(c1)OCO2. The van der Waals surface area contributed by atoms with E-state index in [2.05, 4.69) is 0 Å². The third-order valence-corrected chi connectivity index (χ3v) is 5.54. The molecule has 0 amide bonds. The fourth-order valence-corrected chi connectivity index (χ4v) is 3.34. The summed E-state index contributed by atoms with van der Waals surface area (Å²) in [5.41, 5.74) is 1.08. The molecular formula is C13H20NO5P. The lowest BCUT2D eigenvalue weighted by Gasteiger charge is -2.29. The summed E-state index contributed by atoms with van der Waals surface area (Å²) >= 11 is 0. The molecule has 2 rings (SSSR count). The highest BCUT2D eigenvalue weighted by molar-refractivity contribution is 7.51. The van der Waals surface area contributed by atoms with Crippen molar-refractivity contribution in [3.05, 3.63) is 23.8 Å². The average molecular weight is 301 g/mol. The van der Waals surface area contributed by atoms with Gasteiger partial charge in [-0.1, -0.05) is 6.07 Å². The van der Waals surface area contributed by atoms with Crippen molar-refractivity contribution >= 4 is 7.75 Å². The summed E-state index contributed by atoms with van der Waals surface area (Å²) < 4.78 is 34.5. The Morgan fingerprint density at radius 1 is 1.30 bits per heavy atom. The number of hydrogen-bond acceptors (Lipinski definition) is 5. The first-order valence-electron chi connectivity index (χ1n) is 6.33. The van der Waals surface area contributed by atoms with E-state index in [1.807, 2.05) is 25.1 Å². The van der Waals surface area contributed by atoms with Crippen molar-refractivity contribution in [1.82, 2.24) is 4.67 Å². The summed E-state index contributed by atoms with van der Waals surface area (Å²) in [4.78, 5) is 0. The molecule has 7 heteroatoms. The predicted molar refractivity (Wildman–Crippen MR) is 75.1 cm³/mol. The summed E-state index contributed by atoms with van der Waals surface area (Å²) in [7, 11) is 1.29. The monoisotopic (exact) mass is 301 g/mol. The molecule has 112 valence electrons. The molecule has 1 aliphatic rings. The van der Waals surface area contributed by atoms with Crippen LogP contribution in [0.4, 0.5) is 0 Å². The van der Waals surface area contributed by atoms with Crippen molar-refractivity contribution in [2.75, 3.05) is 28.1 Å². The van der Waals surface area contributed by atoms with E-state index in [0.717, 1.165) is 17.1 Å². The highest BCUT2D eigenvalue weighted by Crippen LogP contribution is 2.50. The smallest absolute Gasteiger partial charge is 0.407 e. The molecule has 0 radical (unpaired) electrons. The summed E-state index contributed by atoms with van der Waals surface area (Å²) in [5, 5.41) is 0. The summed E-state index contributed by atoms with van der Waals surface area (Å²) in [6.45, 7) is 2.23. The molecule has 1 unspecified atom stereocenters. The van der Waals surface area contributed by atoms with Gasteiger partial charge in [-0.3, -0.25) is 9.05 Å². The van der Waals surface area contributed by atoms with Crippen LogP contribution in [0.5, 0.6) is 11.5 Å². The number of rotatable bonds is 6. The van der Waals surface area contributed by atoms with Crippen LogP contribution in [-0.4, -0.2) is 38.8 Å². The Kier molecular flexibility index (Phi) is 4.70. The molecule has 0 spiro atoms. The number of ether oxygens (including phenoxy) is 2. The van der Waals surface area contributed by atoms with E-state index >= 15 is 0 Å². The van der Waals surface area contributed by atoms with Crippen molar-refractivity contribution < 1.29 is 23.1 Å². The van der Waals surface area contributed by atoms with Crippen LogP contribution in [0.15, 0.2) is 18.2 Å². The maximum Gasteiger partial charge on any atom is 0.407 e. The minimum Gasteiger partial charge on any atom is -0.454 e. The molecule has 0 fully saturated rings. The van der Waals surface area contributed by atoms with Crippen LogP contribution in [0.25, 0.3) is 0 Å². The van der Waals surface area contributed by atoms with Crippen LogP contribution in [0.2, 0.25) is 0 Å². The van der Waals surface area contributed by atoms with Crippen LogP contribution in [0, 0.1) is 0 Å². The van der Waals surface area contributed by atoms with Crippen LogP contribution in [0.1, 0.15) is 12.5 Å². The number of benzene rings is 1. The van der Waals surface area contributed by atoms with Gasteiger partial charge in [0.25, 0.3) is 0 Å². The topological polar surface area (TPSA) is 57.2 Å². The zero-order chi connectivity index (χ0) is 14.8. The lowest BCUT2D eigenvalue weighted by Crippen LogP contribution is -2.29. The van der Waals surface area contributed by atoms with Crippen LogP contribution < -0.4 is 9.47 Å². The van der Waals surface area contributed by atoms with Gasteiger partial charge in [0.2, 0.25) is 6.79 Å². The molecule has 1 aromatic carbocycles. The summed E-state index contributed by atoms with van der Waals surface area (Å²) in [6.07, 6.45) is 0.698. The molecule has 0 bridgehead atoms. The van der Waals surface area contributed by atoms with E-state index in [-0.39, 0.29) is 12.8 Å². The fourth-order valence-electron chi connectivity index (χ4n) is 2.11. The van der Waals surface area contributed by atoms with Gasteiger partial charge in [0, 0.05) is 20.3 Å². The minimum absolute atomic E-state index is 0.0129. The van der Waals surface area contributed by atoms with Crippen LogP contribution in [-0.2, 0) is 20.0 Å². The van der Waals surface area contributed by atoms with Crippen molar-refractivity contribution in [2.45, 2.75) is 19.4 Å². The second-order valence-electron chi connectivity index (χ2n) is 4.65. The number of hydrogen-bond donors (Lipinski definition) is 0. The van der Waals surface area contributed by atoms with Gasteiger partial charge in [0.1, 0.15) is 0 Å². The minimum atomic E-state index is -3.20. The highest BCUT2D eigenvalue weighted by Gasteiger charge is 2.31. The molecular weight excluding hydrogens is 281 g/mol. The first-order valence-corrected chi connectivity index (χ1v) is 7.83. The van der Waals surface area contributed by atoms with Gasteiger partial charge in [-0.05, 0) is 38.1 Å². The number of likely N-dealkylation sites (N-methyl/N-ethyl adjacent to an activating group) is 1. The number of fused-ring (bicyclic) bond motifs is 1. The van der Waals surface area contributed by atoms with Gasteiger partial charge in [0.15, 0.2) is 11.5 Å². The quantitative estimate of drug-likeness (QED) is 0.753. The molecule has 0 N–H and O–H groups in total. The van der Waals surface area contributed by atoms with Gasteiger partial charge in [-0.2, -0.15) is 0 Å². The lowest BCUT2D eigenvalue weighted by molar-refractivity contribution is 0.174. The van der Waals surface area contributed by atoms with Gasteiger partial charge in [0.05, 0.1) is 0 Å². The van der Waals surface area contributed by atoms with Gasteiger partial charge < -0.3 is 9.47 Å². The molecule has 1 atom stereocenters. The molecule has 1 aromatic rings. The Morgan fingerprint density at radius 2 is 1.95 bits per heavy atom. The number of nitrogens with zero attached hydrogens (tertiary/aromatic N) is 1. The Morgan fingerprint density at radius 3 is 2.60 bits per heavy atom. The highest BCUT2D eigenvalue weighted by atomic mass is 31.2.